The molecule has 0 amide bonds. The van der Waals surface area contributed by atoms with Crippen molar-refractivity contribution in [3.63, 3.8) is 0 Å². The van der Waals surface area contributed by atoms with Crippen LogP contribution >= 0.6 is 0 Å². The van der Waals surface area contributed by atoms with Crippen LogP contribution in [0.2, 0.25) is 0 Å². The molecular formula is C44H83NO6. The van der Waals surface area contributed by atoms with Crippen molar-refractivity contribution in [2.24, 2.45) is 11.8 Å². The van der Waals surface area contributed by atoms with Gasteiger partial charge in [0.05, 0.1) is 13.2 Å². The molecule has 0 atom stereocenters. The minimum atomic E-state index is -0.0397. The molecule has 1 rings (SSSR count). The van der Waals surface area contributed by atoms with E-state index in [-0.39, 0.29) is 24.0 Å². The van der Waals surface area contributed by atoms with Crippen molar-refractivity contribution in [2.45, 2.75) is 219 Å². The molecule has 1 aliphatic rings. The lowest BCUT2D eigenvalue weighted by Crippen LogP contribution is -2.34. The van der Waals surface area contributed by atoms with Crippen LogP contribution in [-0.2, 0) is 28.6 Å². The zero-order chi connectivity index (χ0) is 37.2. The lowest BCUT2D eigenvalue weighted by atomic mass is 9.73. The van der Waals surface area contributed by atoms with Gasteiger partial charge in [-0.1, -0.05) is 129 Å². The van der Waals surface area contributed by atoms with Crippen LogP contribution in [-0.4, -0.2) is 62.8 Å². The summed E-state index contributed by atoms with van der Waals surface area (Å²) in [5.74, 6) is 1.13. The first-order chi connectivity index (χ1) is 24.8. The Morgan fingerprint density at radius 3 is 1.33 bits per heavy atom. The third kappa shape index (κ3) is 30.5. The molecule has 300 valence electrons. The van der Waals surface area contributed by atoms with Gasteiger partial charge in [-0.2, -0.15) is 0 Å². The first kappa shape index (κ1) is 47.4. The van der Waals surface area contributed by atoms with E-state index in [1.54, 1.807) is 0 Å². The van der Waals surface area contributed by atoms with Crippen molar-refractivity contribution < 1.29 is 28.6 Å². The van der Waals surface area contributed by atoms with Gasteiger partial charge in [0.15, 0.2) is 0 Å². The summed E-state index contributed by atoms with van der Waals surface area (Å²) in [6, 6.07) is 0. The average molecular weight is 722 g/mol. The van der Waals surface area contributed by atoms with Gasteiger partial charge in [-0.05, 0) is 90.1 Å². The molecule has 0 saturated heterocycles. The topological polar surface area (TPSA) is 82.1 Å². The van der Waals surface area contributed by atoms with Crippen molar-refractivity contribution in [3.05, 3.63) is 0 Å². The lowest BCUT2D eigenvalue weighted by Gasteiger charge is -2.36. The lowest BCUT2D eigenvalue weighted by molar-refractivity contribution is -0.152. The van der Waals surface area contributed by atoms with Crippen LogP contribution in [0.25, 0.3) is 0 Å². The number of nitrogens with zero attached hydrogens (tertiary/aromatic N) is 1. The van der Waals surface area contributed by atoms with Crippen molar-refractivity contribution in [1.82, 2.24) is 4.90 Å². The van der Waals surface area contributed by atoms with Crippen LogP contribution in [0.4, 0.5) is 0 Å². The molecule has 0 heterocycles. The van der Waals surface area contributed by atoms with E-state index >= 15 is 0 Å². The Hall–Kier alpha value is -1.63. The highest BCUT2D eigenvalue weighted by Crippen LogP contribution is 2.36. The average Bonchev–Trinajstić information content (AvgIpc) is 3.08. The first-order valence-electron chi connectivity index (χ1n) is 22.0. The molecular weight excluding hydrogens is 638 g/mol. The zero-order valence-corrected chi connectivity index (χ0v) is 34.2. The van der Waals surface area contributed by atoms with E-state index in [9.17, 15) is 14.4 Å². The summed E-state index contributed by atoms with van der Waals surface area (Å²) in [6.45, 7) is 6.71. The smallest absolute Gasteiger partial charge is 0.306 e. The van der Waals surface area contributed by atoms with Crippen LogP contribution < -0.4 is 0 Å². The molecule has 51 heavy (non-hydrogen) atoms. The Labute approximate surface area is 315 Å². The number of ether oxygens (including phenoxy) is 3. The normalized spacial score (nSPS) is 15.6. The van der Waals surface area contributed by atoms with Crippen LogP contribution in [0.3, 0.4) is 0 Å². The number of esters is 3. The number of rotatable bonds is 37. The summed E-state index contributed by atoms with van der Waals surface area (Å²) in [7, 11) is 4.24. The Bertz CT molecular complexity index is 780. The van der Waals surface area contributed by atoms with E-state index in [0.29, 0.717) is 38.4 Å². The molecule has 7 heteroatoms. The third-order valence-corrected chi connectivity index (χ3v) is 10.5. The summed E-state index contributed by atoms with van der Waals surface area (Å²) < 4.78 is 16.9. The van der Waals surface area contributed by atoms with Gasteiger partial charge < -0.3 is 19.1 Å². The van der Waals surface area contributed by atoms with Gasteiger partial charge >= 0.3 is 17.9 Å². The Balaban J connectivity index is 2.19. The second-order valence-electron chi connectivity index (χ2n) is 16.1. The van der Waals surface area contributed by atoms with E-state index in [2.05, 4.69) is 32.8 Å². The number of carbonyl (C=O) groups excluding carboxylic acids is 3. The van der Waals surface area contributed by atoms with Gasteiger partial charge in [0.1, 0.15) is 6.10 Å². The number of hydrogen-bond donors (Lipinski definition) is 0. The predicted octanol–water partition coefficient (Wildman–Crippen LogP) is 11.9. The predicted molar refractivity (Wildman–Crippen MR) is 212 cm³/mol. The highest BCUT2D eigenvalue weighted by molar-refractivity contribution is 5.70. The van der Waals surface area contributed by atoms with Gasteiger partial charge in [0, 0.05) is 25.8 Å². The maximum Gasteiger partial charge on any atom is 0.306 e. The highest BCUT2D eigenvalue weighted by Gasteiger charge is 2.31. The van der Waals surface area contributed by atoms with Crippen molar-refractivity contribution in [2.75, 3.05) is 33.9 Å². The molecule has 0 aromatic carbocycles. The van der Waals surface area contributed by atoms with Gasteiger partial charge in [0.2, 0.25) is 0 Å². The largest absolute Gasteiger partial charge is 0.466 e. The summed E-state index contributed by atoms with van der Waals surface area (Å²) in [4.78, 5) is 39.1. The Kier molecular flexibility index (Phi) is 31.7. The van der Waals surface area contributed by atoms with Crippen LogP contribution in [0.1, 0.15) is 213 Å². The minimum Gasteiger partial charge on any atom is -0.466 e. The maximum absolute atomic E-state index is 12.9. The Morgan fingerprint density at radius 2 is 0.902 bits per heavy atom. The van der Waals surface area contributed by atoms with Crippen LogP contribution in [0.5, 0.6) is 0 Å². The number of hydrogen-bond acceptors (Lipinski definition) is 7. The summed E-state index contributed by atoms with van der Waals surface area (Å²) >= 11 is 0. The molecule has 0 aromatic heterocycles. The SMILES string of the molecule is CCCCCCCCOC(=O)CCCCCCCCC(CCCCCCCCC(=O)OCCCCCCCC)OC(=O)CC1CC(CN(C)C)C1. The third-order valence-electron chi connectivity index (χ3n) is 10.5. The first-order valence-corrected chi connectivity index (χ1v) is 22.0. The maximum atomic E-state index is 12.9. The van der Waals surface area contributed by atoms with Gasteiger partial charge in [-0.15, -0.1) is 0 Å². The quantitative estimate of drug-likeness (QED) is 0.0359. The van der Waals surface area contributed by atoms with Crippen molar-refractivity contribution in [1.29, 1.82) is 0 Å². The second-order valence-corrected chi connectivity index (χ2v) is 16.1. The molecule has 1 fully saturated rings. The highest BCUT2D eigenvalue weighted by atomic mass is 16.5. The number of carbonyl (C=O) groups is 3. The van der Waals surface area contributed by atoms with Crippen LogP contribution in [0.15, 0.2) is 0 Å². The summed E-state index contributed by atoms with van der Waals surface area (Å²) in [6.07, 6.45) is 33.4. The molecule has 0 spiro atoms. The van der Waals surface area contributed by atoms with Gasteiger partial charge in [-0.3, -0.25) is 14.4 Å². The fraction of sp³-hybridized carbons (Fsp3) is 0.932. The second kappa shape index (κ2) is 34.2. The fourth-order valence-electron chi connectivity index (χ4n) is 7.42. The van der Waals surface area contributed by atoms with E-state index < -0.39 is 0 Å². The van der Waals surface area contributed by atoms with E-state index in [0.717, 1.165) is 141 Å². The van der Waals surface area contributed by atoms with E-state index in [1.165, 1.54) is 51.4 Å². The summed E-state index contributed by atoms with van der Waals surface area (Å²) in [5.41, 5.74) is 0. The minimum absolute atomic E-state index is 0.0000568. The zero-order valence-electron chi connectivity index (χ0n) is 34.2. The van der Waals surface area contributed by atoms with Crippen LogP contribution in [0, 0.1) is 11.8 Å². The molecule has 0 N–H and O–H groups in total. The Morgan fingerprint density at radius 1 is 0.510 bits per heavy atom. The molecule has 7 nitrogen and oxygen atoms in total. The molecule has 1 saturated carbocycles. The van der Waals surface area contributed by atoms with Gasteiger partial charge in [0.25, 0.3) is 0 Å². The standard InChI is InChI=1S/C44H83NO6/c1-5-7-9-11-21-27-33-49-42(46)31-25-19-15-13-17-23-29-41(51-44(48)37-39-35-40(36-39)38-45(3)4)30-24-18-14-16-20-26-32-43(47)50-34-28-22-12-10-8-6-2/h39-41H,5-38H2,1-4H3. The summed E-state index contributed by atoms with van der Waals surface area (Å²) in [5, 5.41) is 0. The molecule has 0 aromatic rings. The molecule has 1 aliphatic carbocycles. The van der Waals surface area contributed by atoms with E-state index in [1.807, 2.05) is 0 Å². The van der Waals surface area contributed by atoms with Crippen molar-refractivity contribution in [3.8, 4) is 0 Å². The monoisotopic (exact) mass is 722 g/mol. The molecule has 0 unspecified atom stereocenters. The van der Waals surface area contributed by atoms with Gasteiger partial charge in [-0.25, -0.2) is 0 Å². The molecule has 0 radical (unpaired) electrons. The van der Waals surface area contributed by atoms with Crippen molar-refractivity contribution >= 4 is 17.9 Å². The van der Waals surface area contributed by atoms with E-state index in [4.69, 9.17) is 14.2 Å². The number of unbranched alkanes of at least 4 members (excludes halogenated alkanes) is 20. The molecule has 0 aliphatic heterocycles. The molecule has 0 bridgehead atoms. The fourth-order valence-corrected chi connectivity index (χ4v) is 7.42.